The van der Waals surface area contributed by atoms with Crippen molar-refractivity contribution in [1.29, 1.82) is 0 Å². The Bertz CT molecular complexity index is 260. The molecule has 0 aliphatic carbocycles. The first-order valence-corrected chi connectivity index (χ1v) is 4.00. The summed E-state index contributed by atoms with van der Waals surface area (Å²) in [5.74, 6) is 1.13. The molecule has 0 spiro atoms. The molecule has 0 fully saturated rings. The van der Waals surface area contributed by atoms with Crippen molar-refractivity contribution in [3.8, 4) is 0 Å². The van der Waals surface area contributed by atoms with Gasteiger partial charge in [-0.25, -0.2) is 0 Å². The van der Waals surface area contributed by atoms with Gasteiger partial charge in [0.2, 0.25) is 11.8 Å². The molecule has 0 aliphatic heterocycles. The van der Waals surface area contributed by atoms with Gasteiger partial charge in [-0.3, -0.25) is 0 Å². The zero-order chi connectivity index (χ0) is 9.35. The average Bonchev–Trinajstić information content (AvgIpc) is 2.30. The van der Waals surface area contributed by atoms with Gasteiger partial charge in [0, 0.05) is 5.41 Å². The molecule has 1 aromatic rings. The molecule has 2 N–H and O–H groups in total. The van der Waals surface area contributed by atoms with Crippen molar-refractivity contribution >= 4 is 0 Å². The third-order valence-electron chi connectivity index (χ3n) is 1.47. The van der Waals surface area contributed by atoms with Crippen LogP contribution < -0.4 is 5.73 Å². The highest BCUT2D eigenvalue weighted by atomic mass is 16.4. The highest BCUT2D eigenvalue weighted by Crippen LogP contribution is 2.21. The molecule has 0 radical (unpaired) electrons. The Hall–Kier alpha value is -0.900. The Morgan fingerprint density at radius 3 is 2.17 bits per heavy atom. The fourth-order valence-corrected chi connectivity index (χ4v) is 0.722. The summed E-state index contributed by atoms with van der Waals surface area (Å²) < 4.78 is 5.36. The Kier molecular flexibility index (Phi) is 2.19. The largest absolute Gasteiger partial charge is 0.423 e. The molecule has 1 rings (SSSR count). The highest BCUT2D eigenvalue weighted by Gasteiger charge is 2.22. The summed E-state index contributed by atoms with van der Waals surface area (Å²) in [6.45, 7) is 7.88. The lowest BCUT2D eigenvalue weighted by molar-refractivity contribution is 0.361. The molecule has 0 amide bonds. The quantitative estimate of drug-likeness (QED) is 0.689. The number of rotatable bonds is 1. The van der Waals surface area contributed by atoms with E-state index in [1.54, 1.807) is 0 Å². The van der Waals surface area contributed by atoms with Crippen molar-refractivity contribution in [2.75, 3.05) is 0 Å². The predicted octanol–water partition coefficient (Wildman–Crippen LogP) is 1.39. The van der Waals surface area contributed by atoms with Crippen molar-refractivity contribution in [2.24, 2.45) is 5.73 Å². The van der Waals surface area contributed by atoms with Crippen LogP contribution >= 0.6 is 0 Å². The third-order valence-corrected chi connectivity index (χ3v) is 1.47. The van der Waals surface area contributed by atoms with Crippen LogP contribution in [0.5, 0.6) is 0 Å². The van der Waals surface area contributed by atoms with Gasteiger partial charge in [0.05, 0.1) is 6.04 Å². The second-order valence-electron chi connectivity index (χ2n) is 3.98. The molecule has 1 unspecified atom stereocenters. The summed E-state index contributed by atoms with van der Waals surface area (Å²) in [4.78, 5) is 0. The van der Waals surface area contributed by atoms with Crippen LogP contribution in [0.4, 0.5) is 0 Å². The van der Waals surface area contributed by atoms with E-state index in [1.165, 1.54) is 0 Å². The van der Waals surface area contributed by atoms with E-state index in [2.05, 4.69) is 10.2 Å². The van der Waals surface area contributed by atoms with E-state index in [0.29, 0.717) is 11.8 Å². The average molecular weight is 169 g/mol. The lowest BCUT2D eigenvalue weighted by Gasteiger charge is -2.11. The van der Waals surface area contributed by atoms with E-state index in [4.69, 9.17) is 10.2 Å². The first-order chi connectivity index (χ1) is 5.41. The van der Waals surface area contributed by atoms with Crippen molar-refractivity contribution in [3.63, 3.8) is 0 Å². The molecule has 0 bridgehead atoms. The monoisotopic (exact) mass is 169 g/mol. The lowest BCUT2D eigenvalue weighted by Crippen LogP contribution is -2.11. The van der Waals surface area contributed by atoms with Gasteiger partial charge in [0.25, 0.3) is 0 Å². The molecule has 0 aromatic carbocycles. The van der Waals surface area contributed by atoms with E-state index < -0.39 is 0 Å². The summed E-state index contributed by atoms with van der Waals surface area (Å²) in [5, 5.41) is 7.75. The summed E-state index contributed by atoms with van der Waals surface area (Å²) in [5.41, 5.74) is 5.48. The van der Waals surface area contributed by atoms with Crippen molar-refractivity contribution in [2.45, 2.75) is 39.2 Å². The predicted molar refractivity (Wildman–Crippen MR) is 45.6 cm³/mol. The van der Waals surface area contributed by atoms with Crippen LogP contribution in [-0.4, -0.2) is 10.2 Å². The molecular formula is C8H15N3O. The second-order valence-corrected chi connectivity index (χ2v) is 3.98. The number of aromatic nitrogens is 2. The molecule has 68 valence electrons. The van der Waals surface area contributed by atoms with Crippen LogP contribution in [0, 0.1) is 0 Å². The van der Waals surface area contributed by atoms with E-state index in [9.17, 15) is 0 Å². The molecule has 1 atom stereocenters. The fraction of sp³-hybridized carbons (Fsp3) is 0.750. The SMILES string of the molecule is CC(N)c1nnc(C(C)(C)C)o1. The molecule has 1 heterocycles. The van der Waals surface area contributed by atoms with E-state index in [-0.39, 0.29) is 11.5 Å². The number of nitrogens with zero attached hydrogens (tertiary/aromatic N) is 2. The summed E-state index contributed by atoms with van der Waals surface area (Å²) in [6, 6.07) is -0.186. The van der Waals surface area contributed by atoms with E-state index in [0.717, 1.165) is 0 Å². The van der Waals surface area contributed by atoms with Crippen LogP contribution in [0.2, 0.25) is 0 Å². The molecule has 0 saturated heterocycles. The van der Waals surface area contributed by atoms with Gasteiger partial charge in [-0.05, 0) is 6.92 Å². The zero-order valence-electron chi connectivity index (χ0n) is 7.96. The summed E-state index contributed by atoms with van der Waals surface area (Å²) in [6.07, 6.45) is 0. The molecule has 0 aliphatic rings. The molecule has 0 saturated carbocycles. The standard InChI is InChI=1S/C8H15N3O/c1-5(9)6-10-11-7(12-6)8(2,3)4/h5H,9H2,1-4H3. The van der Waals surface area contributed by atoms with Gasteiger partial charge in [0.1, 0.15) is 0 Å². The molecule has 4 heteroatoms. The van der Waals surface area contributed by atoms with Crippen LogP contribution in [0.1, 0.15) is 45.5 Å². The van der Waals surface area contributed by atoms with E-state index in [1.807, 2.05) is 27.7 Å². The molecular weight excluding hydrogens is 154 g/mol. The molecule has 12 heavy (non-hydrogen) atoms. The zero-order valence-corrected chi connectivity index (χ0v) is 7.96. The second kappa shape index (κ2) is 2.86. The van der Waals surface area contributed by atoms with Crippen LogP contribution in [0.15, 0.2) is 4.42 Å². The summed E-state index contributed by atoms with van der Waals surface area (Å²) >= 11 is 0. The van der Waals surface area contributed by atoms with Gasteiger partial charge in [0.15, 0.2) is 0 Å². The Balaban J connectivity index is 2.92. The topological polar surface area (TPSA) is 64.9 Å². The third kappa shape index (κ3) is 1.82. The van der Waals surface area contributed by atoms with Crippen LogP contribution in [0.25, 0.3) is 0 Å². The fourth-order valence-electron chi connectivity index (χ4n) is 0.722. The van der Waals surface area contributed by atoms with Crippen molar-refractivity contribution in [1.82, 2.24) is 10.2 Å². The van der Waals surface area contributed by atoms with Crippen molar-refractivity contribution in [3.05, 3.63) is 11.8 Å². The minimum atomic E-state index is -0.186. The smallest absolute Gasteiger partial charge is 0.232 e. The number of nitrogens with two attached hydrogens (primary N) is 1. The minimum Gasteiger partial charge on any atom is -0.423 e. The summed E-state index contributed by atoms with van der Waals surface area (Å²) in [7, 11) is 0. The maximum Gasteiger partial charge on any atom is 0.232 e. The Morgan fingerprint density at radius 1 is 1.33 bits per heavy atom. The van der Waals surface area contributed by atoms with Gasteiger partial charge in [-0.2, -0.15) is 0 Å². The van der Waals surface area contributed by atoms with Crippen LogP contribution in [0.3, 0.4) is 0 Å². The van der Waals surface area contributed by atoms with Gasteiger partial charge in [-0.15, -0.1) is 10.2 Å². The van der Waals surface area contributed by atoms with Gasteiger partial charge in [-0.1, -0.05) is 20.8 Å². The Morgan fingerprint density at radius 2 is 1.92 bits per heavy atom. The van der Waals surface area contributed by atoms with Crippen molar-refractivity contribution < 1.29 is 4.42 Å². The maximum atomic E-state index is 5.57. The lowest BCUT2D eigenvalue weighted by atomic mass is 9.97. The minimum absolute atomic E-state index is 0.0971. The van der Waals surface area contributed by atoms with Crippen LogP contribution in [-0.2, 0) is 5.41 Å². The Labute approximate surface area is 72.2 Å². The molecule has 1 aromatic heterocycles. The number of hydrogen-bond acceptors (Lipinski definition) is 4. The number of hydrogen-bond donors (Lipinski definition) is 1. The van der Waals surface area contributed by atoms with Gasteiger partial charge >= 0.3 is 0 Å². The molecule has 4 nitrogen and oxygen atoms in total. The van der Waals surface area contributed by atoms with E-state index >= 15 is 0 Å². The van der Waals surface area contributed by atoms with Gasteiger partial charge < -0.3 is 10.2 Å². The maximum absolute atomic E-state index is 5.57. The highest BCUT2D eigenvalue weighted by molar-refractivity contribution is 4.97. The first kappa shape index (κ1) is 9.19. The first-order valence-electron chi connectivity index (χ1n) is 4.00. The normalized spacial score (nSPS) is 14.8.